The number of hydrogen-bond acceptors (Lipinski definition) is 2. The molecule has 0 heterocycles. The lowest BCUT2D eigenvalue weighted by Crippen LogP contribution is -2.31. The lowest BCUT2D eigenvalue weighted by Gasteiger charge is -2.17. The summed E-state index contributed by atoms with van der Waals surface area (Å²) in [5.41, 5.74) is 0.853. The van der Waals surface area contributed by atoms with Crippen LogP contribution in [0, 0.1) is 5.92 Å². The summed E-state index contributed by atoms with van der Waals surface area (Å²) in [5, 5.41) is 0. The molecule has 1 aromatic carbocycles. The summed E-state index contributed by atoms with van der Waals surface area (Å²) in [6, 6.07) is 7.08. The van der Waals surface area contributed by atoms with Gasteiger partial charge in [0.2, 0.25) is 10.0 Å². The van der Waals surface area contributed by atoms with Crippen LogP contribution in [0.5, 0.6) is 0 Å². The van der Waals surface area contributed by atoms with E-state index in [0.717, 1.165) is 5.56 Å². The quantitative estimate of drug-likeness (QED) is 0.802. The molecule has 1 aromatic rings. The van der Waals surface area contributed by atoms with Crippen LogP contribution in [0.1, 0.15) is 33.3 Å². The molecule has 108 valence electrons. The molecule has 0 spiro atoms. The molecule has 0 saturated carbocycles. The number of alkyl halides is 1. The molecule has 3 nitrogen and oxygen atoms in total. The van der Waals surface area contributed by atoms with Crippen molar-refractivity contribution in [3.63, 3.8) is 0 Å². The number of benzene rings is 1. The highest BCUT2D eigenvalue weighted by Crippen LogP contribution is 2.23. The van der Waals surface area contributed by atoms with Gasteiger partial charge < -0.3 is 0 Å². The highest BCUT2D eigenvalue weighted by atomic mass is 79.9. The molecule has 1 unspecified atom stereocenters. The van der Waals surface area contributed by atoms with Crippen LogP contribution in [0.3, 0.4) is 0 Å². The van der Waals surface area contributed by atoms with Crippen molar-refractivity contribution >= 4 is 26.0 Å². The molecule has 0 bridgehead atoms. The van der Waals surface area contributed by atoms with Gasteiger partial charge in [-0.15, -0.1) is 0 Å². The minimum absolute atomic E-state index is 0.108. The molecule has 0 radical (unpaired) electrons. The molecule has 0 amide bonds. The van der Waals surface area contributed by atoms with Crippen molar-refractivity contribution in [2.24, 2.45) is 5.92 Å². The Morgan fingerprint density at radius 2 is 1.74 bits per heavy atom. The van der Waals surface area contributed by atoms with Crippen LogP contribution in [0.2, 0.25) is 0 Å². The second-order valence-corrected chi connectivity index (χ2v) is 8.21. The molecule has 0 aliphatic carbocycles. The van der Waals surface area contributed by atoms with E-state index in [1.165, 1.54) is 0 Å². The normalized spacial score (nSPS) is 14.1. The topological polar surface area (TPSA) is 46.2 Å². The third-order valence-electron chi connectivity index (χ3n) is 2.79. The van der Waals surface area contributed by atoms with E-state index in [1.54, 1.807) is 12.1 Å². The lowest BCUT2D eigenvalue weighted by molar-refractivity contribution is 0.566. The van der Waals surface area contributed by atoms with Gasteiger partial charge >= 0.3 is 0 Å². The molecule has 0 fully saturated rings. The van der Waals surface area contributed by atoms with Crippen molar-refractivity contribution in [3.8, 4) is 0 Å². The second kappa shape index (κ2) is 6.86. The molecule has 5 heteroatoms. The van der Waals surface area contributed by atoms with Gasteiger partial charge in [-0.25, -0.2) is 13.1 Å². The SMILES string of the molecule is CC(C)NS(=O)(=O)c1ccccc1CC(Br)C(C)C. The Labute approximate surface area is 125 Å². The first-order valence-electron chi connectivity index (χ1n) is 6.48. The van der Waals surface area contributed by atoms with Crippen molar-refractivity contribution in [3.05, 3.63) is 29.8 Å². The number of sulfonamides is 1. The van der Waals surface area contributed by atoms with Crippen LogP contribution in [-0.4, -0.2) is 19.3 Å². The van der Waals surface area contributed by atoms with E-state index in [2.05, 4.69) is 34.5 Å². The standard InChI is InChI=1S/C14H22BrNO2S/c1-10(2)13(15)9-12-7-5-6-8-14(12)19(17,18)16-11(3)4/h5-8,10-11,13,16H,9H2,1-4H3. The highest BCUT2D eigenvalue weighted by Gasteiger charge is 2.21. The van der Waals surface area contributed by atoms with E-state index < -0.39 is 10.0 Å². The molecule has 0 aliphatic heterocycles. The van der Waals surface area contributed by atoms with Gasteiger partial charge in [-0.05, 0) is 37.8 Å². The minimum atomic E-state index is -3.43. The largest absolute Gasteiger partial charge is 0.241 e. The third-order valence-corrected chi connectivity index (χ3v) is 5.93. The van der Waals surface area contributed by atoms with Crippen LogP contribution in [-0.2, 0) is 16.4 Å². The highest BCUT2D eigenvalue weighted by molar-refractivity contribution is 9.09. The van der Waals surface area contributed by atoms with Crippen molar-refractivity contribution in [1.82, 2.24) is 4.72 Å². The van der Waals surface area contributed by atoms with Gasteiger partial charge in [0, 0.05) is 10.9 Å². The van der Waals surface area contributed by atoms with Gasteiger partial charge in [0.15, 0.2) is 0 Å². The van der Waals surface area contributed by atoms with Crippen LogP contribution in [0.15, 0.2) is 29.2 Å². The zero-order chi connectivity index (χ0) is 14.6. The third kappa shape index (κ3) is 4.89. The molecular formula is C14H22BrNO2S. The smallest absolute Gasteiger partial charge is 0.209 e. The Balaban J connectivity index is 3.09. The zero-order valence-electron chi connectivity index (χ0n) is 11.9. The lowest BCUT2D eigenvalue weighted by atomic mass is 10.0. The maximum Gasteiger partial charge on any atom is 0.241 e. The monoisotopic (exact) mass is 347 g/mol. The molecule has 19 heavy (non-hydrogen) atoms. The van der Waals surface area contributed by atoms with Crippen molar-refractivity contribution in [1.29, 1.82) is 0 Å². The summed E-state index contributed by atoms with van der Waals surface area (Å²) in [6.07, 6.45) is 0.701. The molecule has 1 N–H and O–H groups in total. The van der Waals surface area contributed by atoms with Gasteiger partial charge in [-0.1, -0.05) is 48.0 Å². The first-order chi connectivity index (χ1) is 8.74. The summed E-state index contributed by atoms with van der Waals surface area (Å²) in [5.74, 6) is 0.453. The van der Waals surface area contributed by atoms with Crippen LogP contribution in [0.4, 0.5) is 0 Å². The van der Waals surface area contributed by atoms with E-state index in [9.17, 15) is 8.42 Å². The Hall–Kier alpha value is -0.390. The minimum Gasteiger partial charge on any atom is -0.209 e. The van der Waals surface area contributed by atoms with E-state index in [-0.39, 0.29) is 10.9 Å². The fourth-order valence-electron chi connectivity index (χ4n) is 1.75. The second-order valence-electron chi connectivity index (χ2n) is 5.35. The first-order valence-corrected chi connectivity index (χ1v) is 8.88. The van der Waals surface area contributed by atoms with Crippen molar-refractivity contribution in [2.75, 3.05) is 0 Å². The Morgan fingerprint density at radius 3 is 2.26 bits per heavy atom. The average Bonchev–Trinajstić information content (AvgIpc) is 2.27. The van der Waals surface area contributed by atoms with Crippen LogP contribution >= 0.6 is 15.9 Å². The van der Waals surface area contributed by atoms with Crippen molar-refractivity contribution < 1.29 is 8.42 Å². The number of hydrogen-bond donors (Lipinski definition) is 1. The maximum atomic E-state index is 12.3. The summed E-state index contributed by atoms with van der Waals surface area (Å²) >= 11 is 3.62. The summed E-state index contributed by atoms with van der Waals surface area (Å²) < 4.78 is 27.2. The van der Waals surface area contributed by atoms with Crippen molar-refractivity contribution in [2.45, 2.75) is 49.9 Å². The Bertz CT molecular complexity index is 512. The maximum absolute atomic E-state index is 12.3. The fourth-order valence-corrected chi connectivity index (χ4v) is 3.60. The van der Waals surface area contributed by atoms with Gasteiger partial charge in [0.1, 0.15) is 0 Å². The Morgan fingerprint density at radius 1 is 1.16 bits per heavy atom. The number of rotatable bonds is 6. The van der Waals surface area contributed by atoms with Gasteiger partial charge in [0.05, 0.1) is 4.90 Å². The average molecular weight is 348 g/mol. The summed E-state index contributed by atoms with van der Waals surface area (Å²) in [4.78, 5) is 0.650. The molecule has 0 aromatic heterocycles. The molecule has 0 saturated heterocycles. The predicted octanol–water partition coefficient (Wildman–Crippen LogP) is 3.34. The predicted molar refractivity (Wildman–Crippen MR) is 83.2 cm³/mol. The number of halogens is 1. The van der Waals surface area contributed by atoms with Gasteiger partial charge in [-0.3, -0.25) is 0 Å². The first kappa shape index (κ1) is 16.7. The van der Waals surface area contributed by atoms with Gasteiger partial charge in [-0.2, -0.15) is 0 Å². The Kier molecular flexibility index (Phi) is 6.02. The molecule has 1 rings (SSSR count). The summed E-state index contributed by atoms with van der Waals surface area (Å²) in [7, 11) is -3.43. The summed E-state index contributed by atoms with van der Waals surface area (Å²) in [6.45, 7) is 7.87. The van der Waals surface area contributed by atoms with E-state index >= 15 is 0 Å². The van der Waals surface area contributed by atoms with E-state index in [1.807, 2.05) is 26.0 Å². The van der Waals surface area contributed by atoms with E-state index in [0.29, 0.717) is 17.2 Å². The number of nitrogens with one attached hydrogen (secondary N) is 1. The zero-order valence-corrected chi connectivity index (χ0v) is 14.3. The molecule has 0 aliphatic rings. The van der Waals surface area contributed by atoms with Crippen LogP contribution < -0.4 is 4.72 Å². The van der Waals surface area contributed by atoms with Crippen LogP contribution in [0.25, 0.3) is 0 Å². The molecule has 1 atom stereocenters. The fraction of sp³-hybridized carbons (Fsp3) is 0.571. The van der Waals surface area contributed by atoms with E-state index in [4.69, 9.17) is 0 Å². The molecular weight excluding hydrogens is 326 g/mol. The van der Waals surface area contributed by atoms with Gasteiger partial charge in [0.25, 0.3) is 0 Å².